The molecule has 102 valence electrons. The topological polar surface area (TPSA) is 49.4 Å². The highest BCUT2D eigenvalue weighted by Gasteiger charge is 2.27. The van der Waals surface area contributed by atoms with Gasteiger partial charge in [0.2, 0.25) is 10.0 Å². The summed E-state index contributed by atoms with van der Waals surface area (Å²) in [5.74, 6) is 0. The molecule has 0 unspecified atom stereocenters. The van der Waals surface area contributed by atoms with Crippen LogP contribution in [0.4, 0.5) is 0 Å². The van der Waals surface area contributed by atoms with Crippen LogP contribution in [-0.4, -0.2) is 38.9 Å². The first kappa shape index (κ1) is 15.9. The van der Waals surface area contributed by atoms with E-state index >= 15 is 0 Å². The van der Waals surface area contributed by atoms with Crippen LogP contribution in [0, 0.1) is 6.92 Å². The Kier molecular flexibility index (Phi) is 5.61. The molecular formula is C11H16BrClN2O2S. The Hall–Kier alpha value is -0.140. The zero-order valence-corrected chi connectivity index (χ0v) is 13.2. The van der Waals surface area contributed by atoms with Crippen molar-refractivity contribution in [3.8, 4) is 0 Å². The molecule has 1 aliphatic heterocycles. The van der Waals surface area contributed by atoms with Crippen LogP contribution in [0.25, 0.3) is 0 Å². The van der Waals surface area contributed by atoms with Gasteiger partial charge in [0.1, 0.15) is 0 Å². The van der Waals surface area contributed by atoms with Crippen LogP contribution >= 0.6 is 28.3 Å². The molecule has 0 atom stereocenters. The van der Waals surface area contributed by atoms with E-state index in [1.54, 1.807) is 6.07 Å². The van der Waals surface area contributed by atoms with E-state index in [9.17, 15) is 8.42 Å². The first-order chi connectivity index (χ1) is 8.01. The van der Waals surface area contributed by atoms with Crippen LogP contribution in [0.15, 0.2) is 27.6 Å². The van der Waals surface area contributed by atoms with Gasteiger partial charge in [0.15, 0.2) is 0 Å². The van der Waals surface area contributed by atoms with Crippen molar-refractivity contribution >= 4 is 38.4 Å². The molecule has 1 N–H and O–H groups in total. The predicted molar refractivity (Wildman–Crippen MR) is 77.8 cm³/mol. The molecule has 0 amide bonds. The fraction of sp³-hybridized carbons (Fsp3) is 0.455. The molecule has 1 aromatic rings. The fourth-order valence-electron chi connectivity index (χ4n) is 1.88. The molecule has 1 fully saturated rings. The lowest BCUT2D eigenvalue weighted by molar-refractivity contribution is 0.360. The largest absolute Gasteiger partial charge is 0.314 e. The average molecular weight is 356 g/mol. The Morgan fingerprint density at radius 2 is 1.89 bits per heavy atom. The molecule has 1 aromatic carbocycles. The second kappa shape index (κ2) is 6.34. The minimum atomic E-state index is -3.35. The van der Waals surface area contributed by atoms with Crippen molar-refractivity contribution in [1.29, 1.82) is 0 Å². The van der Waals surface area contributed by atoms with Crippen LogP contribution in [0.2, 0.25) is 0 Å². The molecular weight excluding hydrogens is 340 g/mol. The van der Waals surface area contributed by atoms with Crippen LogP contribution in [-0.2, 0) is 10.0 Å². The predicted octanol–water partition coefficient (Wildman–Crippen LogP) is 1.77. The molecule has 0 radical (unpaired) electrons. The summed E-state index contributed by atoms with van der Waals surface area (Å²) in [7, 11) is -3.35. The maximum absolute atomic E-state index is 12.4. The van der Waals surface area contributed by atoms with Crippen LogP contribution in [0.3, 0.4) is 0 Å². The standard InChI is InChI=1S/C11H15BrN2O2S.ClH/c1-9-2-3-10(12)8-11(9)17(15,16)14-6-4-13-5-7-14;/h2-3,8,13H,4-7H2,1H3;1H. The highest BCUT2D eigenvalue weighted by molar-refractivity contribution is 9.10. The third kappa shape index (κ3) is 3.24. The number of rotatable bonds is 2. The number of nitrogens with zero attached hydrogens (tertiary/aromatic N) is 1. The van der Waals surface area contributed by atoms with Gasteiger partial charge >= 0.3 is 0 Å². The monoisotopic (exact) mass is 354 g/mol. The van der Waals surface area contributed by atoms with Gasteiger partial charge in [0.25, 0.3) is 0 Å². The summed E-state index contributed by atoms with van der Waals surface area (Å²) in [4.78, 5) is 0.397. The van der Waals surface area contributed by atoms with E-state index < -0.39 is 10.0 Å². The van der Waals surface area contributed by atoms with E-state index in [0.717, 1.165) is 10.0 Å². The lowest BCUT2D eigenvalue weighted by atomic mass is 10.2. The first-order valence-corrected chi connectivity index (χ1v) is 7.72. The van der Waals surface area contributed by atoms with Crippen LogP contribution in [0.1, 0.15) is 5.56 Å². The van der Waals surface area contributed by atoms with Crippen LogP contribution in [0.5, 0.6) is 0 Å². The number of sulfonamides is 1. The molecule has 0 spiro atoms. The highest BCUT2D eigenvalue weighted by Crippen LogP contribution is 2.23. The summed E-state index contributed by atoms with van der Waals surface area (Å²) < 4.78 is 27.2. The Bertz CT molecular complexity index is 516. The molecule has 2 rings (SSSR count). The van der Waals surface area contributed by atoms with Gasteiger partial charge in [0, 0.05) is 30.7 Å². The second-order valence-electron chi connectivity index (χ2n) is 4.06. The molecule has 1 aliphatic rings. The molecule has 0 bridgehead atoms. The Morgan fingerprint density at radius 1 is 1.28 bits per heavy atom. The van der Waals surface area contributed by atoms with E-state index in [-0.39, 0.29) is 12.4 Å². The van der Waals surface area contributed by atoms with Crippen molar-refractivity contribution in [3.63, 3.8) is 0 Å². The van der Waals surface area contributed by atoms with Gasteiger partial charge < -0.3 is 5.32 Å². The van der Waals surface area contributed by atoms with Gasteiger partial charge in [0.05, 0.1) is 4.90 Å². The van der Waals surface area contributed by atoms with Gasteiger partial charge in [-0.3, -0.25) is 0 Å². The quantitative estimate of drug-likeness (QED) is 0.879. The number of nitrogens with one attached hydrogen (secondary N) is 1. The fourth-order valence-corrected chi connectivity index (χ4v) is 4.08. The highest BCUT2D eigenvalue weighted by atomic mass is 79.9. The van der Waals surface area contributed by atoms with Crippen molar-refractivity contribution in [2.75, 3.05) is 26.2 Å². The van der Waals surface area contributed by atoms with Crippen molar-refractivity contribution in [2.45, 2.75) is 11.8 Å². The average Bonchev–Trinajstić information content (AvgIpc) is 2.33. The maximum atomic E-state index is 12.4. The van der Waals surface area contributed by atoms with Gasteiger partial charge in [-0.15, -0.1) is 12.4 Å². The van der Waals surface area contributed by atoms with E-state index in [4.69, 9.17) is 0 Å². The van der Waals surface area contributed by atoms with E-state index in [2.05, 4.69) is 21.2 Å². The summed E-state index contributed by atoms with van der Waals surface area (Å²) in [6.07, 6.45) is 0. The van der Waals surface area contributed by atoms with Crippen molar-refractivity contribution in [2.24, 2.45) is 0 Å². The molecule has 1 saturated heterocycles. The number of piperazine rings is 1. The Morgan fingerprint density at radius 3 is 2.50 bits per heavy atom. The Labute approximate surface area is 122 Å². The summed E-state index contributed by atoms with van der Waals surface area (Å²) >= 11 is 3.32. The number of hydrogen-bond donors (Lipinski definition) is 1. The molecule has 0 aliphatic carbocycles. The van der Waals surface area contributed by atoms with E-state index in [1.165, 1.54) is 4.31 Å². The van der Waals surface area contributed by atoms with Crippen LogP contribution < -0.4 is 5.32 Å². The summed E-state index contributed by atoms with van der Waals surface area (Å²) in [6, 6.07) is 5.35. The Balaban J connectivity index is 0.00000162. The zero-order valence-electron chi connectivity index (χ0n) is 10.0. The molecule has 4 nitrogen and oxygen atoms in total. The van der Waals surface area contributed by atoms with Crippen molar-refractivity contribution in [3.05, 3.63) is 28.2 Å². The normalized spacial score (nSPS) is 17.2. The maximum Gasteiger partial charge on any atom is 0.243 e. The third-order valence-electron chi connectivity index (χ3n) is 2.84. The smallest absolute Gasteiger partial charge is 0.243 e. The molecule has 7 heteroatoms. The van der Waals surface area contributed by atoms with Crippen molar-refractivity contribution < 1.29 is 8.42 Å². The number of halogens is 2. The van der Waals surface area contributed by atoms with E-state index in [1.807, 2.05) is 19.1 Å². The lowest BCUT2D eigenvalue weighted by Crippen LogP contribution is -2.46. The number of benzene rings is 1. The van der Waals surface area contributed by atoms with Gasteiger partial charge in [-0.1, -0.05) is 22.0 Å². The third-order valence-corrected chi connectivity index (χ3v) is 5.38. The minimum Gasteiger partial charge on any atom is -0.314 e. The molecule has 18 heavy (non-hydrogen) atoms. The van der Waals surface area contributed by atoms with E-state index in [0.29, 0.717) is 31.1 Å². The summed E-state index contributed by atoms with van der Waals surface area (Å²) in [6.45, 7) is 4.32. The summed E-state index contributed by atoms with van der Waals surface area (Å²) in [5.41, 5.74) is 0.784. The SMILES string of the molecule is Cc1ccc(Br)cc1S(=O)(=O)N1CCNCC1.Cl. The minimum absolute atomic E-state index is 0. The molecule has 1 heterocycles. The second-order valence-corrected chi connectivity index (χ2v) is 6.89. The number of aryl methyl sites for hydroxylation is 1. The first-order valence-electron chi connectivity index (χ1n) is 5.49. The summed E-state index contributed by atoms with van der Waals surface area (Å²) in [5, 5.41) is 3.15. The lowest BCUT2D eigenvalue weighted by Gasteiger charge is -2.27. The van der Waals surface area contributed by atoms with Crippen molar-refractivity contribution in [1.82, 2.24) is 9.62 Å². The molecule has 0 saturated carbocycles. The molecule has 0 aromatic heterocycles. The van der Waals surface area contributed by atoms with Gasteiger partial charge in [-0.05, 0) is 24.6 Å². The van der Waals surface area contributed by atoms with Gasteiger partial charge in [-0.25, -0.2) is 8.42 Å². The number of hydrogen-bond acceptors (Lipinski definition) is 3. The van der Waals surface area contributed by atoms with Gasteiger partial charge in [-0.2, -0.15) is 4.31 Å². The zero-order chi connectivity index (χ0) is 12.5.